The summed E-state index contributed by atoms with van der Waals surface area (Å²) in [5.41, 5.74) is 1.33. The molecule has 108 valence electrons. The SMILES string of the molecule is CC(C(=O)NC1CC1)n1nc(-c2ccccc2)ccc1=O. The summed E-state index contributed by atoms with van der Waals surface area (Å²) in [6.07, 6.45) is 2.04. The quantitative estimate of drug-likeness (QED) is 0.929. The molecule has 1 aromatic carbocycles. The lowest BCUT2D eigenvalue weighted by atomic mass is 10.1. The minimum atomic E-state index is -0.609. The van der Waals surface area contributed by atoms with Crippen LogP contribution >= 0.6 is 0 Å². The molecule has 0 bridgehead atoms. The zero-order valence-electron chi connectivity index (χ0n) is 11.8. The van der Waals surface area contributed by atoms with E-state index in [0.29, 0.717) is 5.69 Å². The van der Waals surface area contributed by atoms with Crippen LogP contribution in [-0.4, -0.2) is 21.7 Å². The van der Waals surface area contributed by atoms with Gasteiger partial charge >= 0.3 is 0 Å². The molecule has 1 heterocycles. The molecule has 1 unspecified atom stereocenters. The van der Waals surface area contributed by atoms with Crippen molar-refractivity contribution in [2.45, 2.75) is 31.8 Å². The predicted octanol–water partition coefficient (Wildman–Crippen LogP) is 1.75. The molecule has 0 spiro atoms. The fourth-order valence-corrected chi connectivity index (χ4v) is 2.13. The van der Waals surface area contributed by atoms with E-state index in [1.165, 1.54) is 10.7 Å². The second kappa shape index (κ2) is 5.52. The summed E-state index contributed by atoms with van der Waals surface area (Å²) >= 11 is 0. The second-order valence-corrected chi connectivity index (χ2v) is 5.33. The minimum Gasteiger partial charge on any atom is -0.352 e. The van der Waals surface area contributed by atoms with Crippen molar-refractivity contribution in [2.24, 2.45) is 0 Å². The van der Waals surface area contributed by atoms with Crippen molar-refractivity contribution < 1.29 is 4.79 Å². The molecular formula is C16H17N3O2. The molecule has 0 saturated heterocycles. The van der Waals surface area contributed by atoms with E-state index in [1.807, 2.05) is 30.3 Å². The first-order chi connectivity index (χ1) is 10.1. The van der Waals surface area contributed by atoms with E-state index in [-0.39, 0.29) is 17.5 Å². The number of aromatic nitrogens is 2. The summed E-state index contributed by atoms with van der Waals surface area (Å²) in [6.45, 7) is 1.70. The van der Waals surface area contributed by atoms with Crippen LogP contribution in [0, 0.1) is 0 Å². The van der Waals surface area contributed by atoms with Crippen LogP contribution < -0.4 is 10.9 Å². The summed E-state index contributed by atoms with van der Waals surface area (Å²) < 4.78 is 1.25. The van der Waals surface area contributed by atoms with Crippen molar-refractivity contribution in [1.29, 1.82) is 0 Å². The molecule has 1 aliphatic carbocycles. The van der Waals surface area contributed by atoms with Crippen molar-refractivity contribution >= 4 is 5.91 Å². The number of carbonyl (C=O) groups is 1. The molecule has 1 atom stereocenters. The fraction of sp³-hybridized carbons (Fsp3) is 0.312. The number of hydrogen-bond donors (Lipinski definition) is 1. The lowest BCUT2D eigenvalue weighted by Crippen LogP contribution is -2.37. The van der Waals surface area contributed by atoms with Gasteiger partial charge in [-0.15, -0.1) is 0 Å². The molecular weight excluding hydrogens is 266 g/mol. The van der Waals surface area contributed by atoms with Crippen molar-refractivity contribution in [3.05, 3.63) is 52.8 Å². The first kappa shape index (κ1) is 13.5. The molecule has 1 amide bonds. The lowest BCUT2D eigenvalue weighted by Gasteiger charge is -2.14. The van der Waals surface area contributed by atoms with Gasteiger partial charge in [-0.3, -0.25) is 9.59 Å². The summed E-state index contributed by atoms with van der Waals surface area (Å²) in [5, 5.41) is 7.23. The maximum absolute atomic E-state index is 12.1. The third-order valence-electron chi connectivity index (χ3n) is 3.56. The van der Waals surface area contributed by atoms with Gasteiger partial charge in [0.25, 0.3) is 5.56 Å². The molecule has 2 aromatic rings. The van der Waals surface area contributed by atoms with Gasteiger partial charge in [0.05, 0.1) is 5.69 Å². The average Bonchev–Trinajstić information content (AvgIpc) is 3.32. The Morgan fingerprint density at radius 3 is 2.62 bits per heavy atom. The largest absolute Gasteiger partial charge is 0.352 e. The van der Waals surface area contributed by atoms with E-state index in [4.69, 9.17) is 0 Å². The van der Waals surface area contributed by atoms with Gasteiger partial charge < -0.3 is 5.32 Å². The average molecular weight is 283 g/mol. The molecule has 1 N–H and O–H groups in total. The van der Waals surface area contributed by atoms with Crippen LogP contribution in [0.5, 0.6) is 0 Å². The van der Waals surface area contributed by atoms with Gasteiger partial charge in [-0.25, -0.2) is 4.68 Å². The number of hydrogen-bond acceptors (Lipinski definition) is 3. The molecule has 1 fully saturated rings. The molecule has 3 rings (SSSR count). The third-order valence-corrected chi connectivity index (χ3v) is 3.56. The van der Waals surface area contributed by atoms with Crippen molar-refractivity contribution in [2.75, 3.05) is 0 Å². The first-order valence-electron chi connectivity index (χ1n) is 7.11. The highest BCUT2D eigenvalue weighted by atomic mass is 16.2. The zero-order chi connectivity index (χ0) is 14.8. The molecule has 1 aliphatic rings. The first-order valence-corrected chi connectivity index (χ1v) is 7.11. The Balaban J connectivity index is 1.90. The normalized spacial score (nSPS) is 15.5. The van der Waals surface area contributed by atoms with Crippen LogP contribution in [0.3, 0.4) is 0 Å². The molecule has 21 heavy (non-hydrogen) atoms. The summed E-state index contributed by atoms with van der Waals surface area (Å²) in [6, 6.07) is 12.4. The smallest absolute Gasteiger partial charge is 0.267 e. The number of amides is 1. The molecule has 1 saturated carbocycles. The Labute approximate surface area is 122 Å². The predicted molar refractivity (Wildman–Crippen MR) is 79.8 cm³/mol. The van der Waals surface area contributed by atoms with Crippen LogP contribution in [0.4, 0.5) is 0 Å². The van der Waals surface area contributed by atoms with Crippen LogP contribution in [0.1, 0.15) is 25.8 Å². The lowest BCUT2D eigenvalue weighted by molar-refractivity contribution is -0.124. The van der Waals surface area contributed by atoms with Gasteiger partial charge in [0.2, 0.25) is 5.91 Å². The summed E-state index contributed by atoms with van der Waals surface area (Å²) in [5.74, 6) is -0.155. The molecule has 0 radical (unpaired) electrons. The topological polar surface area (TPSA) is 64.0 Å². The van der Waals surface area contributed by atoms with E-state index < -0.39 is 6.04 Å². The van der Waals surface area contributed by atoms with Crippen LogP contribution in [0.15, 0.2) is 47.3 Å². The van der Waals surface area contributed by atoms with E-state index in [0.717, 1.165) is 18.4 Å². The number of rotatable bonds is 4. The minimum absolute atomic E-state index is 0.155. The van der Waals surface area contributed by atoms with E-state index in [2.05, 4.69) is 10.4 Å². The fourth-order valence-electron chi connectivity index (χ4n) is 2.13. The molecule has 5 heteroatoms. The Kier molecular flexibility index (Phi) is 3.56. The van der Waals surface area contributed by atoms with Crippen LogP contribution in [0.2, 0.25) is 0 Å². The number of carbonyl (C=O) groups excluding carboxylic acids is 1. The molecule has 0 aliphatic heterocycles. The molecule has 5 nitrogen and oxygen atoms in total. The van der Waals surface area contributed by atoms with E-state index in [1.54, 1.807) is 13.0 Å². The Morgan fingerprint density at radius 2 is 1.95 bits per heavy atom. The van der Waals surface area contributed by atoms with Crippen molar-refractivity contribution in [1.82, 2.24) is 15.1 Å². The standard InChI is InChI=1S/C16H17N3O2/c1-11(16(21)17-13-7-8-13)19-15(20)10-9-14(18-19)12-5-3-2-4-6-12/h2-6,9-11,13H,7-8H2,1H3,(H,17,21). The highest BCUT2D eigenvalue weighted by Crippen LogP contribution is 2.20. The van der Waals surface area contributed by atoms with Crippen molar-refractivity contribution in [3.8, 4) is 11.3 Å². The second-order valence-electron chi connectivity index (χ2n) is 5.33. The Bertz CT molecular complexity index is 705. The number of nitrogens with one attached hydrogen (secondary N) is 1. The van der Waals surface area contributed by atoms with Crippen LogP contribution in [-0.2, 0) is 4.79 Å². The van der Waals surface area contributed by atoms with Gasteiger partial charge in [0.1, 0.15) is 6.04 Å². The summed E-state index contributed by atoms with van der Waals surface area (Å²) in [7, 11) is 0. The number of nitrogens with zero attached hydrogens (tertiary/aromatic N) is 2. The van der Waals surface area contributed by atoms with E-state index in [9.17, 15) is 9.59 Å². The monoisotopic (exact) mass is 283 g/mol. The number of benzene rings is 1. The zero-order valence-corrected chi connectivity index (χ0v) is 11.8. The van der Waals surface area contributed by atoms with Crippen LogP contribution in [0.25, 0.3) is 11.3 Å². The van der Waals surface area contributed by atoms with Crippen molar-refractivity contribution in [3.63, 3.8) is 0 Å². The van der Waals surface area contributed by atoms with Gasteiger partial charge in [0, 0.05) is 17.7 Å². The van der Waals surface area contributed by atoms with Gasteiger partial charge in [-0.2, -0.15) is 5.10 Å². The highest BCUT2D eigenvalue weighted by molar-refractivity contribution is 5.80. The summed E-state index contributed by atoms with van der Waals surface area (Å²) in [4.78, 5) is 24.1. The highest BCUT2D eigenvalue weighted by Gasteiger charge is 2.27. The third kappa shape index (κ3) is 3.02. The van der Waals surface area contributed by atoms with E-state index >= 15 is 0 Å². The molecule has 1 aromatic heterocycles. The van der Waals surface area contributed by atoms with Gasteiger partial charge in [-0.1, -0.05) is 30.3 Å². The van der Waals surface area contributed by atoms with Gasteiger partial charge in [0.15, 0.2) is 0 Å². The maximum Gasteiger partial charge on any atom is 0.267 e. The Morgan fingerprint density at radius 1 is 1.24 bits per heavy atom. The maximum atomic E-state index is 12.1. The van der Waals surface area contributed by atoms with Gasteiger partial charge in [-0.05, 0) is 25.8 Å². The Hall–Kier alpha value is -2.43.